The van der Waals surface area contributed by atoms with Gasteiger partial charge in [0.1, 0.15) is 10.7 Å². The van der Waals surface area contributed by atoms with Crippen molar-refractivity contribution < 1.29 is 31.1 Å². The fourth-order valence-electron chi connectivity index (χ4n) is 3.23. The number of ether oxygens (including phenoxy) is 1. The number of aromatic nitrogens is 4. The molecule has 0 amide bonds. The van der Waals surface area contributed by atoms with Crippen molar-refractivity contribution in [1.29, 1.82) is 0 Å². The summed E-state index contributed by atoms with van der Waals surface area (Å²) in [6, 6.07) is 12.1. The molecule has 0 aliphatic heterocycles. The Kier molecular flexibility index (Phi) is 6.47. The maximum atomic E-state index is 13.7. The average Bonchev–Trinajstić information content (AvgIpc) is 3.46. The first-order chi connectivity index (χ1) is 16.5. The van der Waals surface area contributed by atoms with Crippen LogP contribution in [0.25, 0.3) is 27.8 Å². The highest BCUT2D eigenvalue weighted by Crippen LogP contribution is 2.36. The molecule has 2 heterocycles. The Hall–Kier alpha value is -3.58. The molecule has 8 nitrogen and oxygen atoms in total. The lowest BCUT2D eigenvalue weighted by molar-refractivity contribution is -0.137. The summed E-state index contributed by atoms with van der Waals surface area (Å²) in [4.78, 5) is 16.8. The van der Waals surface area contributed by atoms with Gasteiger partial charge in [0.25, 0.3) is 0 Å². The molecule has 0 aliphatic rings. The summed E-state index contributed by atoms with van der Waals surface area (Å²) in [5.74, 6) is -0.803. The zero-order chi connectivity index (χ0) is 25.4. The minimum atomic E-state index is -4.68. The van der Waals surface area contributed by atoms with E-state index in [0.717, 1.165) is 28.5 Å². The van der Waals surface area contributed by atoms with Gasteiger partial charge in [-0.25, -0.2) is 22.9 Å². The normalized spacial score (nSPS) is 12.0. The third-order valence-electron chi connectivity index (χ3n) is 4.80. The second-order valence-electron chi connectivity index (χ2n) is 7.29. The van der Waals surface area contributed by atoms with Crippen LogP contribution in [0.3, 0.4) is 0 Å². The highest BCUT2D eigenvalue weighted by Gasteiger charge is 2.35. The number of nitrogens with zero attached hydrogens (tertiary/aromatic N) is 4. The van der Waals surface area contributed by atoms with Crippen LogP contribution < -0.4 is 0 Å². The molecule has 2 aromatic carbocycles. The van der Waals surface area contributed by atoms with Crippen LogP contribution in [-0.4, -0.2) is 46.4 Å². The molecule has 0 bridgehead atoms. The van der Waals surface area contributed by atoms with E-state index >= 15 is 0 Å². The van der Waals surface area contributed by atoms with Crippen LogP contribution in [0.1, 0.15) is 23.0 Å². The Balaban J connectivity index is 1.86. The number of esters is 1. The van der Waals surface area contributed by atoms with Gasteiger partial charge in [0.05, 0.1) is 22.8 Å². The zero-order valence-corrected chi connectivity index (χ0v) is 19.9. The highest BCUT2D eigenvalue weighted by atomic mass is 32.2. The van der Waals surface area contributed by atoms with Crippen molar-refractivity contribution in [2.24, 2.45) is 0 Å². The quantitative estimate of drug-likeness (QED) is 0.339. The van der Waals surface area contributed by atoms with E-state index in [1.54, 1.807) is 19.1 Å². The summed E-state index contributed by atoms with van der Waals surface area (Å²) >= 11 is 0.923. The van der Waals surface area contributed by atoms with Crippen molar-refractivity contribution >= 4 is 27.3 Å². The van der Waals surface area contributed by atoms with Gasteiger partial charge in [0.2, 0.25) is 0 Å². The zero-order valence-electron chi connectivity index (χ0n) is 18.3. The van der Waals surface area contributed by atoms with E-state index in [1.165, 1.54) is 36.4 Å². The Morgan fingerprint density at radius 3 is 2.54 bits per heavy atom. The highest BCUT2D eigenvalue weighted by molar-refractivity contribution is 7.90. The molecule has 0 aliphatic carbocycles. The molecule has 4 aromatic rings. The van der Waals surface area contributed by atoms with Gasteiger partial charge in [0, 0.05) is 17.9 Å². The number of carbonyl (C=O) groups excluding carboxylic acids is 1. The number of benzene rings is 2. The van der Waals surface area contributed by atoms with Gasteiger partial charge >= 0.3 is 12.1 Å². The largest absolute Gasteiger partial charge is 0.461 e. The summed E-state index contributed by atoms with van der Waals surface area (Å²) in [5.41, 5.74) is -0.998. The molecule has 0 saturated heterocycles. The van der Waals surface area contributed by atoms with Crippen LogP contribution in [0.2, 0.25) is 0 Å². The number of para-hydroxylation sites is 1. The maximum absolute atomic E-state index is 13.7. The monoisotopic (exact) mass is 522 g/mol. The lowest BCUT2D eigenvalue weighted by Gasteiger charge is -2.13. The number of rotatable bonds is 6. The second kappa shape index (κ2) is 9.23. The third kappa shape index (κ3) is 5.10. The average molecular weight is 523 g/mol. The van der Waals surface area contributed by atoms with Crippen molar-refractivity contribution in [2.45, 2.75) is 18.0 Å². The van der Waals surface area contributed by atoms with Crippen LogP contribution in [0.5, 0.6) is 0 Å². The van der Waals surface area contributed by atoms with E-state index in [9.17, 15) is 26.4 Å². The molecule has 0 atom stereocenters. The lowest BCUT2D eigenvalue weighted by Crippen LogP contribution is -2.13. The van der Waals surface area contributed by atoms with E-state index < -0.39 is 27.5 Å². The molecule has 182 valence electrons. The topological polar surface area (TPSA) is 104 Å². The van der Waals surface area contributed by atoms with Crippen molar-refractivity contribution in [1.82, 2.24) is 19.1 Å². The van der Waals surface area contributed by atoms with Crippen molar-refractivity contribution in [2.75, 3.05) is 12.9 Å². The smallest absolute Gasteiger partial charge is 0.418 e. The first kappa shape index (κ1) is 24.5. The Morgan fingerprint density at radius 1 is 1.11 bits per heavy atom. The summed E-state index contributed by atoms with van der Waals surface area (Å²) in [5, 5.41) is 4.40. The molecule has 0 fully saturated rings. The molecule has 4 rings (SSSR count). The van der Waals surface area contributed by atoms with Crippen LogP contribution in [-0.2, 0) is 20.8 Å². The molecule has 0 saturated carbocycles. The molecule has 0 unspecified atom stereocenters. The Morgan fingerprint density at radius 2 is 1.86 bits per heavy atom. The van der Waals surface area contributed by atoms with E-state index in [4.69, 9.17) is 4.74 Å². The third-order valence-corrected chi connectivity index (χ3v) is 6.67. The summed E-state index contributed by atoms with van der Waals surface area (Å²) in [7, 11) is -3.47. The van der Waals surface area contributed by atoms with E-state index in [-0.39, 0.29) is 34.4 Å². The van der Waals surface area contributed by atoms with Crippen LogP contribution >= 0.6 is 11.5 Å². The number of halogens is 3. The molecule has 0 N–H and O–H groups in total. The number of hydrogen-bond acceptors (Lipinski definition) is 8. The van der Waals surface area contributed by atoms with Gasteiger partial charge in [-0.2, -0.15) is 22.6 Å². The predicted molar refractivity (Wildman–Crippen MR) is 122 cm³/mol. The first-order valence-corrected chi connectivity index (χ1v) is 12.7. The fourth-order valence-corrected chi connectivity index (χ4v) is 4.57. The molecular weight excluding hydrogens is 505 g/mol. The van der Waals surface area contributed by atoms with E-state index in [2.05, 4.69) is 14.5 Å². The Bertz CT molecular complexity index is 1510. The second-order valence-corrected chi connectivity index (χ2v) is 10.1. The van der Waals surface area contributed by atoms with Gasteiger partial charge in [-0.1, -0.05) is 24.3 Å². The molecule has 2 aromatic heterocycles. The predicted octanol–water partition coefficient (Wildman–Crippen LogP) is 4.66. The van der Waals surface area contributed by atoms with Gasteiger partial charge in [0.15, 0.2) is 21.4 Å². The van der Waals surface area contributed by atoms with Gasteiger partial charge in [-0.15, -0.1) is 0 Å². The molecule has 35 heavy (non-hydrogen) atoms. The maximum Gasteiger partial charge on any atom is 0.418 e. The number of sulfone groups is 1. The number of hydrogen-bond donors (Lipinski definition) is 0. The minimum absolute atomic E-state index is 0.00906. The van der Waals surface area contributed by atoms with Crippen LogP contribution in [0, 0.1) is 0 Å². The standard InChI is InChI=1S/C22H17F3N4O4S2/c1-3-33-21(30)16-12-18(29(27-16)17-10-5-4-9-15(17)22(23,24)25)19-26-20(34-28-19)13-7-6-8-14(11-13)35(2,31)32/h4-12H,3H2,1-2H3. The minimum Gasteiger partial charge on any atom is -0.461 e. The number of alkyl halides is 3. The summed E-state index contributed by atoms with van der Waals surface area (Å²) < 4.78 is 75.0. The van der Waals surface area contributed by atoms with E-state index in [0.29, 0.717) is 10.6 Å². The lowest BCUT2D eigenvalue weighted by atomic mass is 10.1. The van der Waals surface area contributed by atoms with Crippen molar-refractivity contribution in [3.63, 3.8) is 0 Å². The van der Waals surface area contributed by atoms with Gasteiger partial charge in [-0.3, -0.25) is 0 Å². The van der Waals surface area contributed by atoms with Crippen LogP contribution in [0.4, 0.5) is 13.2 Å². The fraction of sp³-hybridized carbons (Fsp3) is 0.182. The summed E-state index contributed by atoms with van der Waals surface area (Å²) in [6.45, 7) is 1.64. The van der Waals surface area contributed by atoms with Crippen molar-refractivity contribution in [3.05, 3.63) is 65.9 Å². The van der Waals surface area contributed by atoms with E-state index in [1.807, 2.05) is 0 Å². The van der Waals surface area contributed by atoms with Crippen LogP contribution in [0.15, 0.2) is 59.5 Å². The molecule has 0 spiro atoms. The molecule has 13 heteroatoms. The molecular formula is C22H17F3N4O4S2. The van der Waals surface area contributed by atoms with Gasteiger partial charge in [-0.05, 0) is 42.7 Å². The van der Waals surface area contributed by atoms with Crippen molar-refractivity contribution in [3.8, 4) is 27.8 Å². The first-order valence-electron chi connectivity index (χ1n) is 10.1. The summed E-state index contributed by atoms with van der Waals surface area (Å²) in [6.07, 6.45) is -3.61. The number of carbonyl (C=O) groups is 1. The molecule has 0 radical (unpaired) electrons. The Labute approximate surface area is 202 Å². The SMILES string of the molecule is CCOC(=O)c1cc(-c2nsc(-c3cccc(S(C)(=O)=O)c3)n2)n(-c2ccccc2C(F)(F)F)n1. The van der Waals surface area contributed by atoms with Gasteiger partial charge < -0.3 is 4.74 Å².